The number of aliphatic hydroxyl groups is 1. The second kappa shape index (κ2) is 6.66. The highest BCUT2D eigenvalue weighted by Crippen LogP contribution is 2.22. The van der Waals surface area contributed by atoms with Gasteiger partial charge < -0.3 is 10.0 Å². The van der Waals surface area contributed by atoms with E-state index in [1.54, 1.807) is 29.0 Å². The molecule has 0 aliphatic rings. The largest absolute Gasteiger partial charge is 0.395 e. The topological polar surface area (TPSA) is 71.2 Å². The van der Waals surface area contributed by atoms with Crippen LogP contribution in [0.3, 0.4) is 0 Å². The highest BCUT2D eigenvalue weighted by molar-refractivity contribution is 7.15. The van der Waals surface area contributed by atoms with E-state index in [0.29, 0.717) is 29.0 Å². The number of thiazole rings is 1. The third kappa shape index (κ3) is 3.36. The summed E-state index contributed by atoms with van der Waals surface area (Å²) in [5.74, 6) is 0. The molecule has 6 nitrogen and oxygen atoms in total. The Hall–Kier alpha value is -1.96. The molecule has 1 N–H and O–H groups in total. The minimum Gasteiger partial charge on any atom is -0.395 e. The molecule has 0 saturated heterocycles. The molecule has 0 bridgehead atoms. The van der Waals surface area contributed by atoms with Crippen molar-refractivity contribution in [2.75, 3.05) is 25.1 Å². The van der Waals surface area contributed by atoms with Crippen LogP contribution in [-0.4, -0.2) is 39.8 Å². The predicted octanol–water partition coefficient (Wildman–Crippen LogP) is 1.98. The number of nitrogens with zero attached hydrogens (tertiary/aromatic N) is 4. The fraction of sp³-hybridized carbons (Fsp3) is 0.267. The van der Waals surface area contributed by atoms with E-state index in [-0.39, 0.29) is 12.2 Å². The lowest BCUT2D eigenvalue weighted by Crippen LogP contribution is -2.21. The first-order valence-corrected chi connectivity index (χ1v) is 8.19. The van der Waals surface area contributed by atoms with Crippen molar-refractivity contribution in [1.82, 2.24) is 14.5 Å². The Bertz CT molecular complexity index is 893. The number of rotatable bonds is 5. The van der Waals surface area contributed by atoms with Crippen molar-refractivity contribution in [1.29, 1.82) is 0 Å². The van der Waals surface area contributed by atoms with Crippen LogP contribution in [0.4, 0.5) is 5.13 Å². The van der Waals surface area contributed by atoms with Crippen molar-refractivity contribution < 1.29 is 5.11 Å². The van der Waals surface area contributed by atoms with Crippen LogP contribution in [0.15, 0.2) is 35.5 Å². The number of likely N-dealkylation sites (N-methyl/N-ethyl adjacent to an activating group) is 1. The van der Waals surface area contributed by atoms with Gasteiger partial charge in [0.05, 0.1) is 30.4 Å². The van der Waals surface area contributed by atoms with Gasteiger partial charge in [0.2, 0.25) is 0 Å². The van der Waals surface area contributed by atoms with Crippen LogP contribution in [0.5, 0.6) is 0 Å². The Kier molecular flexibility index (Phi) is 4.61. The minimum atomic E-state index is -0.129. The van der Waals surface area contributed by atoms with Gasteiger partial charge in [-0.2, -0.15) is 0 Å². The number of aromatic nitrogens is 3. The quantitative estimate of drug-likeness (QED) is 0.762. The first-order chi connectivity index (χ1) is 11.1. The lowest BCUT2D eigenvalue weighted by molar-refractivity contribution is 0.304. The van der Waals surface area contributed by atoms with Crippen LogP contribution in [0.25, 0.3) is 10.9 Å². The summed E-state index contributed by atoms with van der Waals surface area (Å²) in [6.45, 7) is 0.988. The third-order valence-electron chi connectivity index (χ3n) is 3.42. The maximum Gasteiger partial charge on any atom is 0.261 e. The number of aliphatic hydroxyl groups excluding tert-OH is 1. The second-order valence-corrected chi connectivity index (χ2v) is 6.62. The van der Waals surface area contributed by atoms with E-state index in [4.69, 9.17) is 16.7 Å². The normalized spacial score (nSPS) is 11.1. The Balaban J connectivity index is 1.90. The molecule has 0 amide bonds. The van der Waals surface area contributed by atoms with Gasteiger partial charge in [0, 0.05) is 29.7 Å². The van der Waals surface area contributed by atoms with E-state index in [9.17, 15) is 4.79 Å². The minimum absolute atomic E-state index is 0.0697. The van der Waals surface area contributed by atoms with E-state index < -0.39 is 0 Å². The smallest absolute Gasteiger partial charge is 0.261 e. The summed E-state index contributed by atoms with van der Waals surface area (Å²) in [7, 11) is 1.87. The second-order valence-electron chi connectivity index (χ2n) is 5.09. The molecule has 0 atom stereocenters. The summed E-state index contributed by atoms with van der Waals surface area (Å²) in [6, 6.07) is 5.08. The zero-order chi connectivity index (χ0) is 16.4. The summed E-state index contributed by atoms with van der Waals surface area (Å²) in [5.41, 5.74) is 0.500. The van der Waals surface area contributed by atoms with Crippen LogP contribution >= 0.6 is 22.9 Å². The highest BCUT2D eigenvalue weighted by Gasteiger charge is 2.09. The standard InChI is InChI=1S/C15H15ClN4O2S/c1-19(4-5-21)15-17-7-11(23-15)8-20-9-18-13-3-2-10(16)6-12(13)14(20)22/h2-3,6-7,9,21H,4-5,8H2,1H3. The van der Waals surface area contributed by atoms with Gasteiger partial charge in [-0.25, -0.2) is 9.97 Å². The summed E-state index contributed by atoms with van der Waals surface area (Å²) in [5, 5.41) is 10.8. The summed E-state index contributed by atoms with van der Waals surface area (Å²) >= 11 is 7.44. The molecule has 2 heterocycles. The number of hydrogen-bond acceptors (Lipinski definition) is 6. The van der Waals surface area contributed by atoms with E-state index >= 15 is 0 Å². The molecular weight excluding hydrogens is 336 g/mol. The first kappa shape index (κ1) is 15.9. The van der Waals surface area contributed by atoms with Gasteiger partial charge in [-0.15, -0.1) is 11.3 Å². The van der Waals surface area contributed by atoms with Crippen molar-refractivity contribution in [2.24, 2.45) is 0 Å². The molecular formula is C15H15ClN4O2S. The Labute approximate surface area is 141 Å². The highest BCUT2D eigenvalue weighted by atomic mass is 35.5. The predicted molar refractivity (Wildman–Crippen MR) is 92.6 cm³/mol. The van der Waals surface area contributed by atoms with Crippen LogP contribution < -0.4 is 10.5 Å². The van der Waals surface area contributed by atoms with Crippen molar-refractivity contribution >= 4 is 39.0 Å². The summed E-state index contributed by atoms with van der Waals surface area (Å²) < 4.78 is 1.54. The van der Waals surface area contributed by atoms with Gasteiger partial charge in [0.25, 0.3) is 5.56 Å². The third-order valence-corrected chi connectivity index (χ3v) is 4.75. The Morgan fingerprint density at radius 2 is 2.22 bits per heavy atom. The number of benzene rings is 1. The zero-order valence-electron chi connectivity index (χ0n) is 12.4. The molecule has 3 aromatic rings. The monoisotopic (exact) mass is 350 g/mol. The number of fused-ring (bicyclic) bond motifs is 1. The molecule has 120 valence electrons. The molecule has 23 heavy (non-hydrogen) atoms. The maximum atomic E-state index is 12.5. The van der Waals surface area contributed by atoms with Gasteiger partial charge >= 0.3 is 0 Å². The Morgan fingerprint density at radius 1 is 1.39 bits per heavy atom. The fourth-order valence-electron chi connectivity index (χ4n) is 2.20. The number of anilines is 1. The fourth-order valence-corrected chi connectivity index (χ4v) is 3.27. The van der Waals surface area contributed by atoms with Crippen LogP contribution in [0, 0.1) is 0 Å². The van der Waals surface area contributed by atoms with E-state index in [1.165, 1.54) is 17.7 Å². The molecule has 2 aromatic heterocycles. The average molecular weight is 351 g/mol. The lowest BCUT2D eigenvalue weighted by Gasteiger charge is -2.12. The molecule has 1 aromatic carbocycles. The molecule has 0 aliphatic carbocycles. The molecule has 0 saturated carbocycles. The molecule has 0 unspecified atom stereocenters. The van der Waals surface area contributed by atoms with Crippen molar-refractivity contribution in [3.8, 4) is 0 Å². The van der Waals surface area contributed by atoms with Gasteiger partial charge in [-0.3, -0.25) is 9.36 Å². The van der Waals surface area contributed by atoms with Crippen LogP contribution in [-0.2, 0) is 6.54 Å². The van der Waals surface area contributed by atoms with Gasteiger partial charge in [0.1, 0.15) is 0 Å². The summed E-state index contributed by atoms with van der Waals surface area (Å²) in [6.07, 6.45) is 3.28. The zero-order valence-corrected chi connectivity index (χ0v) is 14.0. The Morgan fingerprint density at radius 3 is 3.00 bits per heavy atom. The molecule has 8 heteroatoms. The SMILES string of the molecule is CN(CCO)c1ncc(Cn2cnc3ccc(Cl)cc3c2=O)s1. The van der Waals surface area contributed by atoms with Crippen molar-refractivity contribution in [2.45, 2.75) is 6.54 Å². The van der Waals surface area contributed by atoms with Crippen molar-refractivity contribution in [3.63, 3.8) is 0 Å². The lowest BCUT2D eigenvalue weighted by atomic mass is 10.2. The maximum absolute atomic E-state index is 12.5. The molecule has 0 aliphatic heterocycles. The first-order valence-electron chi connectivity index (χ1n) is 7.00. The van der Waals surface area contributed by atoms with Gasteiger partial charge in [-0.1, -0.05) is 11.6 Å². The number of halogens is 1. The molecule has 0 spiro atoms. The average Bonchev–Trinajstić information content (AvgIpc) is 3.00. The summed E-state index contributed by atoms with van der Waals surface area (Å²) in [4.78, 5) is 24.0. The molecule has 0 radical (unpaired) electrons. The van der Waals surface area contributed by atoms with E-state index in [2.05, 4.69) is 9.97 Å². The van der Waals surface area contributed by atoms with E-state index in [1.807, 2.05) is 11.9 Å². The molecule has 3 rings (SSSR count). The van der Waals surface area contributed by atoms with Crippen molar-refractivity contribution in [3.05, 3.63) is 51.0 Å². The van der Waals surface area contributed by atoms with Gasteiger partial charge in [0.15, 0.2) is 5.13 Å². The van der Waals surface area contributed by atoms with Crippen LogP contribution in [0.1, 0.15) is 4.88 Å². The van der Waals surface area contributed by atoms with Gasteiger partial charge in [-0.05, 0) is 18.2 Å². The number of hydrogen-bond donors (Lipinski definition) is 1. The van der Waals surface area contributed by atoms with Crippen LogP contribution in [0.2, 0.25) is 5.02 Å². The van der Waals surface area contributed by atoms with E-state index in [0.717, 1.165) is 10.0 Å². The molecule has 0 fully saturated rings.